The van der Waals surface area contributed by atoms with E-state index in [2.05, 4.69) is 9.88 Å². The van der Waals surface area contributed by atoms with Crippen molar-refractivity contribution < 1.29 is 18.7 Å². The molecule has 1 aromatic heterocycles. The SMILES string of the molecule is COc1ccc(NC(=O)N2Cc3ccccc3-n3cccc3C2c2ccc(F)cc2)c(OC)c1. The molecule has 6 nitrogen and oxygen atoms in total. The van der Waals surface area contributed by atoms with Crippen LogP contribution < -0.4 is 14.8 Å². The fraction of sp³-hybridized carbons (Fsp3) is 0.148. The molecule has 0 spiro atoms. The fourth-order valence-corrected chi connectivity index (χ4v) is 4.42. The van der Waals surface area contributed by atoms with Crippen LogP contribution in [-0.2, 0) is 6.54 Å². The third-order valence-corrected chi connectivity index (χ3v) is 6.06. The molecule has 172 valence electrons. The summed E-state index contributed by atoms with van der Waals surface area (Å²) in [5.74, 6) is 0.792. The zero-order valence-electron chi connectivity index (χ0n) is 18.9. The van der Waals surface area contributed by atoms with Gasteiger partial charge in [-0.25, -0.2) is 9.18 Å². The maximum Gasteiger partial charge on any atom is 0.323 e. The Bertz CT molecular complexity index is 1330. The maximum atomic E-state index is 13.8. The Labute approximate surface area is 197 Å². The highest BCUT2D eigenvalue weighted by Gasteiger charge is 2.33. The first kappa shape index (κ1) is 21.6. The summed E-state index contributed by atoms with van der Waals surface area (Å²) in [6.45, 7) is 0.365. The molecule has 4 aromatic rings. The summed E-state index contributed by atoms with van der Waals surface area (Å²) >= 11 is 0. The number of para-hydroxylation sites is 1. The van der Waals surface area contributed by atoms with E-state index in [1.54, 1.807) is 49.5 Å². The van der Waals surface area contributed by atoms with Gasteiger partial charge in [0.05, 0.1) is 38.2 Å². The largest absolute Gasteiger partial charge is 0.497 e. The predicted molar refractivity (Wildman–Crippen MR) is 128 cm³/mol. The smallest absolute Gasteiger partial charge is 0.323 e. The first-order valence-electron chi connectivity index (χ1n) is 10.9. The molecule has 5 rings (SSSR count). The summed E-state index contributed by atoms with van der Waals surface area (Å²) in [6, 6.07) is 22.7. The number of nitrogens with one attached hydrogen (secondary N) is 1. The number of ether oxygens (including phenoxy) is 2. The molecule has 0 radical (unpaired) electrons. The number of hydrogen-bond acceptors (Lipinski definition) is 3. The van der Waals surface area contributed by atoms with Gasteiger partial charge in [-0.3, -0.25) is 0 Å². The number of methoxy groups -OCH3 is 2. The molecule has 0 saturated carbocycles. The second-order valence-corrected chi connectivity index (χ2v) is 8.01. The van der Waals surface area contributed by atoms with Gasteiger partial charge in [0, 0.05) is 18.0 Å². The molecule has 1 unspecified atom stereocenters. The van der Waals surface area contributed by atoms with Crippen molar-refractivity contribution in [1.29, 1.82) is 0 Å². The number of amides is 2. The number of urea groups is 1. The highest BCUT2D eigenvalue weighted by molar-refractivity contribution is 5.92. The molecule has 0 aliphatic carbocycles. The first-order valence-corrected chi connectivity index (χ1v) is 10.9. The van der Waals surface area contributed by atoms with Crippen LogP contribution in [0.25, 0.3) is 5.69 Å². The van der Waals surface area contributed by atoms with Crippen molar-refractivity contribution >= 4 is 11.7 Å². The molecular formula is C27H24FN3O3. The van der Waals surface area contributed by atoms with E-state index in [0.717, 1.165) is 22.5 Å². The molecule has 0 fully saturated rings. The number of nitrogens with zero attached hydrogens (tertiary/aromatic N) is 2. The third-order valence-electron chi connectivity index (χ3n) is 6.06. The van der Waals surface area contributed by atoms with Crippen LogP contribution in [0.5, 0.6) is 11.5 Å². The maximum absolute atomic E-state index is 13.8. The molecule has 2 heterocycles. The second kappa shape index (κ2) is 8.94. The van der Waals surface area contributed by atoms with Crippen LogP contribution >= 0.6 is 0 Å². The van der Waals surface area contributed by atoms with E-state index in [9.17, 15) is 9.18 Å². The Hall–Kier alpha value is -4.26. The van der Waals surface area contributed by atoms with E-state index >= 15 is 0 Å². The number of aromatic nitrogens is 1. The molecule has 7 heteroatoms. The monoisotopic (exact) mass is 457 g/mol. The lowest BCUT2D eigenvalue weighted by atomic mass is 10.0. The number of benzene rings is 3. The molecule has 1 N–H and O–H groups in total. The minimum absolute atomic E-state index is 0.303. The van der Waals surface area contributed by atoms with E-state index in [1.165, 1.54) is 12.1 Å². The molecule has 1 aliphatic heterocycles. The average molecular weight is 458 g/mol. The Morgan fingerprint density at radius 3 is 2.53 bits per heavy atom. The van der Waals surface area contributed by atoms with Crippen molar-refractivity contribution in [1.82, 2.24) is 9.47 Å². The molecular weight excluding hydrogens is 433 g/mol. The number of hydrogen-bond donors (Lipinski definition) is 1. The van der Waals surface area contributed by atoms with Crippen LogP contribution in [0.4, 0.5) is 14.9 Å². The number of halogens is 1. The molecule has 0 bridgehead atoms. The van der Waals surface area contributed by atoms with Crippen molar-refractivity contribution in [2.24, 2.45) is 0 Å². The van der Waals surface area contributed by atoms with E-state index < -0.39 is 6.04 Å². The zero-order valence-corrected chi connectivity index (χ0v) is 18.9. The fourth-order valence-electron chi connectivity index (χ4n) is 4.42. The molecule has 1 aliphatic rings. The summed E-state index contributed by atoms with van der Waals surface area (Å²) in [5.41, 5.74) is 4.26. The van der Waals surface area contributed by atoms with Gasteiger partial charge in [0.25, 0.3) is 0 Å². The average Bonchev–Trinajstić information content (AvgIpc) is 3.29. The Morgan fingerprint density at radius 2 is 1.76 bits per heavy atom. The minimum Gasteiger partial charge on any atom is -0.497 e. The van der Waals surface area contributed by atoms with E-state index in [1.807, 2.05) is 42.6 Å². The van der Waals surface area contributed by atoms with Crippen LogP contribution in [0, 0.1) is 5.82 Å². The van der Waals surface area contributed by atoms with Gasteiger partial charge in [0.2, 0.25) is 0 Å². The summed E-state index contributed by atoms with van der Waals surface area (Å²) < 4.78 is 26.6. The third kappa shape index (κ3) is 3.85. The van der Waals surface area contributed by atoms with Crippen LogP contribution in [0.1, 0.15) is 22.9 Å². The lowest BCUT2D eigenvalue weighted by Gasteiger charge is -2.31. The minimum atomic E-state index is -0.438. The van der Waals surface area contributed by atoms with Gasteiger partial charge in [-0.2, -0.15) is 0 Å². The lowest BCUT2D eigenvalue weighted by molar-refractivity contribution is 0.194. The van der Waals surface area contributed by atoms with Gasteiger partial charge in [0.15, 0.2) is 0 Å². The van der Waals surface area contributed by atoms with Crippen LogP contribution in [0.3, 0.4) is 0 Å². The normalized spacial score (nSPS) is 14.6. The summed E-state index contributed by atoms with van der Waals surface area (Å²) in [7, 11) is 3.12. The lowest BCUT2D eigenvalue weighted by Crippen LogP contribution is -2.38. The highest BCUT2D eigenvalue weighted by Crippen LogP contribution is 2.37. The first-order chi connectivity index (χ1) is 16.6. The van der Waals surface area contributed by atoms with E-state index in [-0.39, 0.29) is 11.8 Å². The van der Waals surface area contributed by atoms with Gasteiger partial charge in [-0.15, -0.1) is 0 Å². The molecule has 3 aromatic carbocycles. The molecule has 0 saturated heterocycles. The molecule has 2 amide bonds. The zero-order chi connectivity index (χ0) is 23.7. The van der Waals surface area contributed by atoms with Crippen molar-refractivity contribution in [2.75, 3.05) is 19.5 Å². The molecule has 1 atom stereocenters. The number of rotatable bonds is 4. The number of fused-ring (bicyclic) bond motifs is 3. The van der Waals surface area contributed by atoms with Gasteiger partial charge in [0.1, 0.15) is 17.3 Å². The van der Waals surface area contributed by atoms with Gasteiger partial charge in [-0.1, -0.05) is 30.3 Å². The Morgan fingerprint density at radius 1 is 0.971 bits per heavy atom. The number of carbonyl (C=O) groups is 1. The molecule has 34 heavy (non-hydrogen) atoms. The van der Waals surface area contributed by atoms with E-state index in [0.29, 0.717) is 23.7 Å². The number of anilines is 1. The standard InChI is InChI=1S/C27H24FN3O3/c1-33-21-13-14-22(25(16-21)34-2)29-27(32)31-17-19-6-3-4-7-23(19)30-15-5-8-24(30)26(31)18-9-11-20(28)12-10-18/h3-16,26H,17H2,1-2H3,(H,29,32). The van der Waals surface area contributed by atoms with Gasteiger partial charge >= 0.3 is 6.03 Å². The van der Waals surface area contributed by atoms with Crippen molar-refractivity contribution in [2.45, 2.75) is 12.6 Å². The summed E-state index contributed by atoms with van der Waals surface area (Å²) in [6.07, 6.45) is 1.98. The Balaban J connectivity index is 1.60. The van der Waals surface area contributed by atoms with Gasteiger partial charge in [-0.05, 0) is 53.6 Å². The second-order valence-electron chi connectivity index (χ2n) is 8.01. The van der Waals surface area contributed by atoms with Crippen LogP contribution in [-0.4, -0.2) is 29.7 Å². The van der Waals surface area contributed by atoms with Crippen molar-refractivity contribution in [3.63, 3.8) is 0 Å². The predicted octanol–water partition coefficient (Wildman–Crippen LogP) is 5.77. The van der Waals surface area contributed by atoms with Crippen LogP contribution in [0.2, 0.25) is 0 Å². The summed E-state index contributed by atoms with van der Waals surface area (Å²) in [5, 5.41) is 3.00. The summed E-state index contributed by atoms with van der Waals surface area (Å²) in [4.78, 5) is 15.5. The highest BCUT2D eigenvalue weighted by atomic mass is 19.1. The van der Waals surface area contributed by atoms with Crippen molar-refractivity contribution in [3.8, 4) is 17.2 Å². The topological polar surface area (TPSA) is 55.7 Å². The Kier molecular flexibility index (Phi) is 5.67. The quantitative estimate of drug-likeness (QED) is 0.423. The van der Waals surface area contributed by atoms with E-state index in [4.69, 9.17) is 9.47 Å². The van der Waals surface area contributed by atoms with Crippen molar-refractivity contribution in [3.05, 3.63) is 108 Å². The van der Waals surface area contributed by atoms with Crippen LogP contribution in [0.15, 0.2) is 85.1 Å². The van der Waals surface area contributed by atoms with Gasteiger partial charge < -0.3 is 24.3 Å². The number of carbonyl (C=O) groups excluding carboxylic acids is 1.